The fourth-order valence-corrected chi connectivity index (χ4v) is 3.18. The molecular formula is C17H14N2O3S. The van der Waals surface area contributed by atoms with Gasteiger partial charge in [0.15, 0.2) is 5.78 Å². The van der Waals surface area contributed by atoms with Crippen molar-refractivity contribution in [1.29, 1.82) is 0 Å². The van der Waals surface area contributed by atoms with Gasteiger partial charge in [-0.1, -0.05) is 30.0 Å². The average Bonchev–Trinajstić information content (AvgIpc) is 2.52. The number of hydrogen-bond acceptors (Lipinski definition) is 6. The number of aromatic hydroxyl groups is 2. The summed E-state index contributed by atoms with van der Waals surface area (Å²) in [6, 6.07) is 11.6. The van der Waals surface area contributed by atoms with E-state index < -0.39 is 0 Å². The molecule has 0 amide bonds. The standard InChI is InChI=1S/C17H14N2O3S/c1-10-18-14-5-3-2-4-12(14)17(19-10)23-9-16(22)13-7-6-11(20)8-15(13)21/h2-8,20-21H,9H2,1H3. The van der Waals surface area contributed by atoms with Gasteiger partial charge in [0.2, 0.25) is 0 Å². The molecule has 6 heteroatoms. The first-order chi connectivity index (χ1) is 11.0. The highest BCUT2D eigenvalue weighted by Crippen LogP contribution is 2.28. The summed E-state index contributed by atoms with van der Waals surface area (Å²) in [5.74, 6) is 0.251. The van der Waals surface area contributed by atoms with Crippen molar-refractivity contribution in [2.75, 3.05) is 5.75 Å². The molecular weight excluding hydrogens is 312 g/mol. The highest BCUT2D eigenvalue weighted by Gasteiger charge is 2.14. The van der Waals surface area contributed by atoms with E-state index >= 15 is 0 Å². The summed E-state index contributed by atoms with van der Waals surface area (Å²) in [4.78, 5) is 21.0. The third-order valence-corrected chi connectivity index (χ3v) is 4.29. The highest BCUT2D eigenvalue weighted by atomic mass is 32.2. The van der Waals surface area contributed by atoms with E-state index in [-0.39, 0.29) is 28.6 Å². The fourth-order valence-electron chi connectivity index (χ4n) is 2.24. The number of benzene rings is 2. The van der Waals surface area contributed by atoms with Crippen LogP contribution >= 0.6 is 11.8 Å². The van der Waals surface area contributed by atoms with Gasteiger partial charge in [-0.25, -0.2) is 9.97 Å². The van der Waals surface area contributed by atoms with Crippen LogP contribution in [0.5, 0.6) is 11.5 Å². The quantitative estimate of drug-likeness (QED) is 0.435. The van der Waals surface area contributed by atoms with Crippen LogP contribution in [0.3, 0.4) is 0 Å². The van der Waals surface area contributed by atoms with Crippen LogP contribution in [0.15, 0.2) is 47.5 Å². The van der Waals surface area contributed by atoms with Gasteiger partial charge < -0.3 is 10.2 Å². The summed E-state index contributed by atoms with van der Waals surface area (Å²) in [6.45, 7) is 1.81. The summed E-state index contributed by atoms with van der Waals surface area (Å²) >= 11 is 1.31. The molecule has 2 aromatic carbocycles. The lowest BCUT2D eigenvalue weighted by atomic mass is 10.1. The Hall–Kier alpha value is -2.60. The van der Waals surface area contributed by atoms with Gasteiger partial charge in [-0.05, 0) is 25.1 Å². The molecule has 0 spiro atoms. The third kappa shape index (κ3) is 3.27. The van der Waals surface area contributed by atoms with E-state index in [1.165, 1.54) is 23.9 Å². The van der Waals surface area contributed by atoms with Crippen molar-refractivity contribution in [3.8, 4) is 11.5 Å². The van der Waals surface area contributed by atoms with Crippen LogP contribution in [-0.4, -0.2) is 31.7 Å². The SMILES string of the molecule is Cc1nc(SCC(=O)c2ccc(O)cc2O)c2ccccc2n1. The molecule has 0 saturated heterocycles. The minimum Gasteiger partial charge on any atom is -0.508 e. The Morgan fingerprint density at radius 3 is 2.70 bits per heavy atom. The number of aromatic nitrogens is 2. The number of para-hydroxylation sites is 1. The molecule has 1 heterocycles. The van der Waals surface area contributed by atoms with Crippen molar-refractivity contribution >= 4 is 28.4 Å². The summed E-state index contributed by atoms with van der Waals surface area (Å²) in [5, 5.41) is 20.7. The Labute approximate surface area is 137 Å². The number of Topliss-reactive ketones (excluding diaryl/α,β-unsaturated/α-hetero) is 1. The number of phenols is 2. The number of phenolic OH excluding ortho intramolecular Hbond substituents is 2. The molecule has 0 fully saturated rings. The topological polar surface area (TPSA) is 83.3 Å². The Morgan fingerprint density at radius 2 is 1.91 bits per heavy atom. The number of ketones is 1. The van der Waals surface area contributed by atoms with Crippen LogP contribution < -0.4 is 0 Å². The predicted molar refractivity (Wildman–Crippen MR) is 89.1 cm³/mol. The largest absolute Gasteiger partial charge is 0.508 e. The Balaban J connectivity index is 1.84. The number of nitrogens with zero attached hydrogens (tertiary/aromatic N) is 2. The zero-order chi connectivity index (χ0) is 16.4. The van der Waals surface area contributed by atoms with Gasteiger partial charge in [-0.2, -0.15) is 0 Å². The summed E-state index contributed by atoms with van der Waals surface area (Å²) in [5.41, 5.74) is 1.02. The number of fused-ring (bicyclic) bond motifs is 1. The number of hydrogen-bond donors (Lipinski definition) is 2. The van der Waals surface area contributed by atoms with E-state index in [1.54, 1.807) is 0 Å². The van der Waals surface area contributed by atoms with E-state index in [0.29, 0.717) is 5.82 Å². The molecule has 5 nitrogen and oxygen atoms in total. The van der Waals surface area contributed by atoms with Gasteiger partial charge in [0.1, 0.15) is 22.3 Å². The summed E-state index contributed by atoms with van der Waals surface area (Å²) < 4.78 is 0. The monoisotopic (exact) mass is 326 g/mol. The molecule has 0 aliphatic heterocycles. The van der Waals surface area contributed by atoms with Crippen molar-refractivity contribution in [2.45, 2.75) is 11.9 Å². The Bertz CT molecular complexity index is 896. The molecule has 3 rings (SSSR count). The first-order valence-corrected chi connectivity index (χ1v) is 7.94. The van der Waals surface area contributed by atoms with Crippen molar-refractivity contribution in [3.63, 3.8) is 0 Å². The van der Waals surface area contributed by atoms with E-state index in [9.17, 15) is 15.0 Å². The number of aryl methyl sites for hydroxylation is 1. The Morgan fingerprint density at radius 1 is 1.13 bits per heavy atom. The second-order valence-electron chi connectivity index (χ2n) is 5.01. The maximum atomic E-state index is 12.3. The molecule has 0 atom stereocenters. The fraction of sp³-hybridized carbons (Fsp3) is 0.118. The molecule has 23 heavy (non-hydrogen) atoms. The number of rotatable bonds is 4. The zero-order valence-electron chi connectivity index (χ0n) is 12.4. The minimum atomic E-state index is -0.229. The van der Waals surface area contributed by atoms with Crippen LogP contribution in [0.1, 0.15) is 16.2 Å². The van der Waals surface area contributed by atoms with E-state index in [0.717, 1.165) is 22.0 Å². The first-order valence-electron chi connectivity index (χ1n) is 6.96. The van der Waals surface area contributed by atoms with Crippen LogP contribution in [-0.2, 0) is 0 Å². The molecule has 116 valence electrons. The molecule has 3 aromatic rings. The predicted octanol–water partition coefficient (Wildman–Crippen LogP) is 3.32. The van der Waals surface area contributed by atoms with Gasteiger partial charge in [-0.3, -0.25) is 4.79 Å². The van der Waals surface area contributed by atoms with Crippen molar-refractivity contribution in [1.82, 2.24) is 9.97 Å². The summed E-state index contributed by atoms with van der Waals surface area (Å²) in [6.07, 6.45) is 0. The van der Waals surface area contributed by atoms with Crippen molar-refractivity contribution < 1.29 is 15.0 Å². The second-order valence-corrected chi connectivity index (χ2v) is 5.97. The molecule has 0 aliphatic rings. The smallest absolute Gasteiger partial charge is 0.176 e. The average molecular weight is 326 g/mol. The van der Waals surface area contributed by atoms with Gasteiger partial charge in [0, 0.05) is 11.5 Å². The summed E-state index contributed by atoms with van der Waals surface area (Å²) in [7, 11) is 0. The molecule has 0 radical (unpaired) electrons. The minimum absolute atomic E-state index is 0.0795. The van der Waals surface area contributed by atoms with Crippen LogP contribution in [0.25, 0.3) is 10.9 Å². The van der Waals surface area contributed by atoms with Gasteiger partial charge in [0.05, 0.1) is 16.8 Å². The van der Waals surface area contributed by atoms with E-state index in [2.05, 4.69) is 9.97 Å². The highest BCUT2D eigenvalue weighted by molar-refractivity contribution is 8.00. The number of carbonyl (C=O) groups excluding carboxylic acids is 1. The van der Waals surface area contributed by atoms with Crippen molar-refractivity contribution in [3.05, 3.63) is 53.9 Å². The maximum Gasteiger partial charge on any atom is 0.176 e. The van der Waals surface area contributed by atoms with Crippen molar-refractivity contribution in [2.24, 2.45) is 0 Å². The molecule has 2 N–H and O–H groups in total. The lowest BCUT2D eigenvalue weighted by molar-refractivity contribution is 0.102. The zero-order valence-corrected chi connectivity index (χ0v) is 13.2. The maximum absolute atomic E-state index is 12.3. The molecule has 1 aromatic heterocycles. The lowest BCUT2D eigenvalue weighted by Crippen LogP contribution is -2.03. The normalized spacial score (nSPS) is 10.8. The molecule has 0 unspecified atom stereocenters. The second kappa shape index (κ2) is 6.26. The van der Waals surface area contributed by atoms with Gasteiger partial charge in [0.25, 0.3) is 0 Å². The van der Waals surface area contributed by atoms with Crippen LogP contribution in [0, 0.1) is 6.92 Å². The van der Waals surface area contributed by atoms with Gasteiger partial charge in [-0.15, -0.1) is 0 Å². The number of carbonyl (C=O) groups is 1. The van der Waals surface area contributed by atoms with Crippen LogP contribution in [0.2, 0.25) is 0 Å². The van der Waals surface area contributed by atoms with E-state index in [4.69, 9.17) is 0 Å². The van der Waals surface area contributed by atoms with Gasteiger partial charge >= 0.3 is 0 Å². The van der Waals surface area contributed by atoms with Crippen LogP contribution in [0.4, 0.5) is 0 Å². The lowest BCUT2D eigenvalue weighted by Gasteiger charge is -2.07. The van der Waals surface area contributed by atoms with E-state index in [1.807, 2.05) is 31.2 Å². The first kappa shape index (κ1) is 15.3. The molecule has 0 aliphatic carbocycles. The molecule has 0 bridgehead atoms. The Kier molecular flexibility index (Phi) is 4.16. The third-order valence-electron chi connectivity index (χ3n) is 3.30. The molecule has 0 saturated carbocycles. The number of thioether (sulfide) groups is 1.